The van der Waals surface area contributed by atoms with Crippen LogP contribution in [-0.4, -0.2) is 28.6 Å². The molecule has 4 nitrogen and oxygen atoms in total. The van der Waals surface area contributed by atoms with Gasteiger partial charge in [0.25, 0.3) is 0 Å². The van der Waals surface area contributed by atoms with Crippen LogP contribution in [0.25, 0.3) is 0 Å². The molecule has 0 unspecified atom stereocenters. The number of pyridine rings is 1. The third kappa shape index (κ3) is 2.75. The van der Waals surface area contributed by atoms with Gasteiger partial charge in [-0.3, -0.25) is 0 Å². The molecule has 0 atom stereocenters. The number of hydrogen-bond acceptors (Lipinski definition) is 3. The Morgan fingerprint density at radius 2 is 2.06 bits per heavy atom. The molecule has 0 spiro atoms. The zero-order valence-corrected chi connectivity index (χ0v) is 11.1. The van der Waals surface area contributed by atoms with Crippen LogP contribution in [-0.2, 0) is 0 Å². The first-order valence-corrected chi connectivity index (χ1v) is 5.86. The minimum atomic E-state index is -0.913. The highest BCUT2D eigenvalue weighted by molar-refractivity contribution is 5.95. The molecule has 94 valence electrons. The number of carbonyl (C=O) groups is 1. The Balaban J connectivity index is 3.43. The second kappa shape index (κ2) is 5.17. The zero-order valence-electron chi connectivity index (χ0n) is 11.1. The van der Waals surface area contributed by atoms with Gasteiger partial charge in [0.1, 0.15) is 11.4 Å². The van der Waals surface area contributed by atoms with E-state index < -0.39 is 5.97 Å². The Morgan fingerprint density at radius 1 is 1.47 bits per heavy atom. The van der Waals surface area contributed by atoms with Crippen LogP contribution < -0.4 is 4.90 Å². The minimum absolute atomic E-state index is 0.229. The third-order valence-electron chi connectivity index (χ3n) is 2.78. The molecular weight excluding hydrogens is 216 g/mol. The molecule has 0 aliphatic rings. The van der Waals surface area contributed by atoms with Crippen molar-refractivity contribution in [2.45, 2.75) is 40.7 Å². The van der Waals surface area contributed by atoms with Crippen molar-refractivity contribution in [3.8, 4) is 0 Å². The van der Waals surface area contributed by atoms with Crippen LogP contribution in [0.15, 0.2) is 6.07 Å². The number of carboxylic acid groups (broad SMARTS) is 1. The molecule has 0 amide bonds. The monoisotopic (exact) mass is 236 g/mol. The third-order valence-corrected chi connectivity index (χ3v) is 2.78. The van der Waals surface area contributed by atoms with E-state index in [-0.39, 0.29) is 6.04 Å². The average molecular weight is 236 g/mol. The van der Waals surface area contributed by atoms with Crippen molar-refractivity contribution in [3.63, 3.8) is 0 Å². The summed E-state index contributed by atoms with van der Waals surface area (Å²) in [4.78, 5) is 17.7. The van der Waals surface area contributed by atoms with Gasteiger partial charge in [-0.05, 0) is 46.2 Å². The number of rotatable bonds is 4. The minimum Gasteiger partial charge on any atom is -0.478 e. The van der Waals surface area contributed by atoms with Gasteiger partial charge in [-0.15, -0.1) is 0 Å². The van der Waals surface area contributed by atoms with E-state index in [1.165, 1.54) is 0 Å². The van der Waals surface area contributed by atoms with E-state index >= 15 is 0 Å². The standard InChI is InChI=1S/C13H20N2O2/c1-6-15(8(2)3)12-11(13(16)17)9(4)7-10(5)14-12/h7-8H,6H2,1-5H3,(H,16,17). The van der Waals surface area contributed by atoms with Crippen molar-refractivity contribution < 1.29 is 9.90 Å². The predicted octanol–water partition coefficient (Wildman–Crippen LogP) is 2.63. The zero-order chi connectivity index (χ0) is 13.2. The number of anilines is 1. The lowest BCUT2D eigenvalue weighted by Gasteiger charge is -2.28. The quantitative estimate of drug-likeness (QED) is 0.873. The summed E-state index contributed by atoms with van der Waals surface area (Å²) in [5.41, 5.74) is 1.92. The van der Waals surface area contributed by atoms with E-state index in [2.05, 4.69) is 4.98 Å². The Hall–Kier alpha value is -1.58. The van der Waals surface area contributed by atoms with Crippen molar-refractivity contribution in [2.75, 3.05) is 11.4 Å². The summed E-state index contributed by atoms with van der Waals surface area (Å²) in [6.07, 6.45) is 0. The van der Waals surface area contributed by atoms with E-state index in [0.717, 1.165) is 17.8 Å². The number of carboxylic acids is 1. The lowest BCUT2D eigenvalue weighted by atomic mass is 10.1. The number of nitrogens with zero attached hydrogens (tertiary/aromatic N) is 2. The van der Waals surface area contributed by atoms with Crippen LogP contribution in [0.5, 0.6) is 0 Å². The summed E-state index contributed by atoms with van der Waals surface area (Å²) in [5, 5.41) is 9.30. The summed E-state index contributed by atoms with van der Waals surface area (Å²) in [7, 11) is 0. The Bertz CT molecular complexity index is 428. The fraction of sp³-hybridized carbons (Fsp3) is 0.538. The molecule has 0 aliphatic heterocycles. The lowest BCUT2D eigenvalue weighted by molar-refractivity contribution is 0.0696. The number of hydrogen-bond donors (Lipinski definition) is 1. The topological polar surface area (TPSA) is 53.4 Å². The van der Waals surface area contributed by atoms with Gasteiger partial charge < -0.3 is 10.0 Å². The van der Waals surface area contributed by atoms with Gasteiger partial charge in [0.2, 0.25) is 0 Å². The summed E-state index contributed by atoms with van der Waals surface area (Å²) >= 11 is 0. The molecule has 1 aromatic heterocycles. The van der Waals surface area contributed by atoms with E-state index in [0.29, 0.717) is 11.4 Å². The second-order valence-electron chi connectivity index (χ2n) is 4.46. The highest BCUT2D eigenvalue weighted by Crippen LogP contribution is 2.24. The van der Waals surface area contributed by atoms with Crippen LogP contribution in [0.3, 0.4) is 0 Å². The molecule has 1 aromatic rings. The van der Waals surface area contributed by atoms with Crippen LogP contribution in [0.1, 0.15) is 42.4 Å². The van der Waals surface area contributed by atoms with Crippen molar-refractivity contribution in [2.24, 2.45) is 0 Å². The van der Waals surface area contributed by atoms with Crippen LogP contribution >= 0.6 is 0 Å². The first-order chi connectivity index (χ1) is 7.88. The highest BCUT2D eigenvalue weighted by Gasteiger charge is 2.21. The molecular formula is C13H20N2O2. The fourth-order valence-electron chi connectivity index (χ4n) is 2.05. The molecule has 0 aromatic carbocycles. The van der Waals surface area contributed by atoms with Gasteiger partial charge in [-0.1, -0.05) is 0 Å². The summed E-state index contributed by atoms with van der Waals surface area (Å²) in [5.74, 6) is -0.336. The van der Waals surface area contributed by atoms with E-state index in [1.54, 1.807) is 6.07 Å². The van der Waals surface area contributed by atoms with Gasteiger partial charge in [-0.25, -0.2) is 9.78 Å². The molecule has 0 saturated heterocycles. The molecule has 0 radical (unpaired) electrons. The van der Waals surface area contributed by atoms with Crippen LogP contribution in [0, 0.1) is 13.8 Å². The molecule has 1 heterocycles. The van der Waals surface area contributed by atoms with Crippen molar-refractivity contribution in [1.29, 1.82) is 0 Å². The summed E-state index contributed by atoms with van der Waals surface area (Å²) in [6.45, 7) is 10.5. The van der Waals surface area contributed by atoms with E-state index in [4.69, 9.17) is 0 Å². The number of aromatic carboxylic acids is 1. The first kappa shape index (κ1) is 13.5. The maximum absolute atomic E-state index is 11.3. The molecule has 17 heavy (non-hydrogen) atoms. The molecule has 0 aliphatic carbocycles. The summed E-state index contributed by atoms with van der Waals surface area (Å²) in [6, 6.07) is 2.04. The molecule has 4 heteroatoms. The number of aromatic nitrogens is 1. The lowest BCUT2D eigenvalue weighted by Crippen LogP contribution is -2.33. The fourth-order valence-corrected chi connectivity index (χ4v) is 2.05. The smallest absolute Gasteiger partial charge is 0.339 e. The van der Waals surface area contributed by atoms with E-state index in [9.17, 15) is 9.90 Å². The molecule has 0 saturated carbocycles. The molecule has 1 rings (SSSR count). The predicted molar refractivity (Wildman–Crippen MR) is 68.8 cm³/mol. The van der Waals surface area contributed by atoms with Gasteiger partial charge in [0.15, 0.2) is 0 Å². The maximum Gasteiger partial charge on any atom is 0.339 e. The SMILES string of the molecule is CCN(c1nc(C)cc(C)c1C(=O)O)C(C)C. The van der Waals surface area contributed by atoms with Gasteiger partial charge >= 0.3 is 5.97 Å². The average Bonchev–Trinajstić information content (AvgIpc) is 2.15. The molecule has 0 fully saturated rings. The van der Waals surface area contributed by atoms with E-state index in [1.807, 2.05) is 39.5 Å². The largest absolute Gasteiger partial charge is 0.478 e. The second-order valence-corrected chi connectivity index (χ2v) is 4.46. The van der Waals surface area contributed by atoms with Crippen LogP contribution in [0.4, 0.5) is 5.82 Å². The normalized spacial score (nSPS) is 10.7. The van der Waals surface area contributed by atoms with Crippen molar-refractivity contribution in [3.05, 3.63) is 22.9 Å². The van der Waals surface area contributed by atoms with Gasteiger partial charge in [-0.2, -0.15) is 0 Å². The Labute approximate surface area is 102 Å². The Kier molecular flexibility index (Phi) is 4.10. The number of aryl methyl sites for hydroxylation is 2. The summed E-state index contributed by atoms with van der Waals surface area (Å²) < 4.78 is 0. The van der Waals surface area contributed by atoms with Gasteiger partial charge in [0, 0.05) is 18.3 Å². The van der Waals surface area contributed by atoms with Gasteiger partial charge in [0.05, 0.1) is 0 Å². The van der Waals surface area contributed by atoms with Crippen molar-refractivity contribution in [1.82, 2.24) is 4.98 Å². The highest BCUT2D eigenvalue weighted by atomic mass is 16.4. The molecule has 1 N–H and O–H groups in total. The maximum atomic E-state index is 11.3. The Morgan fingerprint density at radius 3 is 2.47 bits per heavy atom. The van der Waals surface area contributed by atoms with Crippen LogP contribution in [0.2, 0.25) is 0 Å². The first-order valence-electron chi connectivity index (χ1n) is 5.86. The van der Waals surface area contributed by atoms with Crippen molar-refractivity contribution >= 4 is 11.8 Å². The molecule has 0 bridgehead atoms.